The van der Waals surface area contributed by atoms with Crippen molar-refractivity contribution in [3.8, 4) is 0 Å². The second-order valence-electron chi connectivity index (χ2n) is 9.32. The molecule has 0 amide bonds. The Morgan fingerprint density at radius 3 is 1.93 bits per heavy atom. The predicted molar refractivity (Wildman–Crippen MR) is 125 cm³/mol. The number of rotatable bonds is 8. The van der Waals surface area contributed by atoms with E-state index in [9.17, 15) is 9.90 Å². The van der Waals surface area contributed by atoms with Crippen LogP contribution in [0.5, 0.6) is 0 Å². The lowest BCUT2D eigenvalue weighted by Gasteiger charge is -2.39. The number of aliphatic hydroxyl groups is 1. The summed E-state index contributed by atoms with van der Waals surface area (Å²) in [4.78, 5) is 10.3. The number of aldehydes is 1. The first kappa shape index (κ1) is 24.0. The minimum absolute atomic E-state index is 0.0898. The predicted octanol–water partition coefficient (Wildman–Crippen LogP) is 5.96. The summed E-state index contributed by atoms with van der Waals surface area (Å²) in [6, 6.07) is 0. The van der Waals surface area contributed by atoms with E-state index in [-0.39, 0.29) is 22.7 Å². The van der Waals surface area contributed by atoms with Gasteiger partial charge in [-0.2, -0.15) is 0 Å². The van der Waals surface area contributed by atoms with Gasteiger partial charge in [-0.1, -0.05) is 85.3 Å². The molecule has 162 valence electrons. The molecule has 3 heteroatoms. The average Bonchev–Trinajstić information content (AvgIpc) is 3.27. The van der Waals surface area contributed by atoms with Gasteiger partial charge in [0, 0.05) is 11.8 Å². The molecule has 0 spiro atoms. The number of carbonyl (C=O) groups is 1. The van der Waals surface area contributed by atoms with Crippen LogP contribution in [0, 0.1) is 5.41 Å². The number of hydrogen-bond acceptors (Lipinski definition) is 3. The molecule has 0 aromatic rings. The molecule has 2 rings (SSSR count). The van der Waals surface area contributed by atoms with Crippen LogP contribution < -0.4 is 0 Å². The highest BCUT2D eigenvalue weighted by molar-refractivity contribution is 5.65. The lowest BCUT2D eigenvalue weighted by Crippen LogP contribution is -2.46. The zero-order valence-electron chi connectivity index (χ0n) is 19.2. The van der Waals surface area contributed by atoms with E-state index in [2.05, 4.69) is 58.9 Å². The van der Waals surface area contributed by atoms with E-state index < -0.39 is 0 Å². The second-order valence-corrected chi connectivity index (χ2v) is 9.32. The van der Waals surface area contributed by atoms with Gasteiger partial charge in [0.25, 0.3) is 0 Å². The standard InChI is InChI=1S/C27H36O3/c1-21(11-7-8-12-22(2)15-10-18-28)13-9-14-23(3)16-17-27-25(4,5)19-24(29)20-26(27,6)30-27/h7-18,24,29H,19-20H2,1-6H3/b8-7+,13-9+,15-10+,17-16+,21-11+,22-12+,23-14-. The Hall–Kier alpha value is -2.23. The fourth-order valence-corrected chi connectivity index (χ4v) is 4.45. The van der Waals surface area contributed by atoms with Crippen molar-refractivity contribution < 1.29 is 14.6 Å². The van der Waals surface area contributed by atoms with E-state index in [1.54, 1.807) is 6.08 Å². The highest BCUT2D eigenvalue weighted by atomic mass is 16.6. The Bertz CT molecular complexity index is 847. The number of allylic oxidation sites excluding steroid dienone is 13. The summed E-state index contributed by atoms with van der Waals surface area (Å²) in [5, 5.41) is 10.2. The lowest BCUT2D eigenvalue weighted by atomic mass is 9.63. The maximum absolute atomic E-state index is 10.3. The van der Waals surface area contributed by atoms with Crippen LogP contribution >= 0.6 is 0 Å². The van der Waals surface area contributed by atoms with Crippen molar-refractivity contribution in [1.82, 2.24) is 0 Å². The summed E-state index contributed by atoms with van der Waals surface area (Å²) in [6.07, 6.45) is 23.7. The summed E-state index contributed by atoms with van der Waals surface area (Å²) in [5.41, 5.74) is 2.69. The monoisotopic (exact) mass is 408 g/mol. The van der Waals surface area contributed by atoms with Crippen LogP contribution in [0.2, 0.25) is 0 Å². The van der Waals surface area contributed by atoms with E-state index in [4.69, 9.17) is 4.74 Å². The summed E-state index contributed by atoms with van der Waals surface area (Å²) in [7, 11) is 0. The van der Waals surface area contributed by atoms with Crippen LogP contribution in [-0.2, 0) is 9.53 Å². The largest absolute Gasteiger partial charge is 0.393 e. The Morgan fingerprint density at radius 1 is 0.833 bits per heavy atom. The van der Waals surface area contributed by atoms with Gasteiger partial charge in [0.05, 0.1) is 6.10 Å². The van der Waals surface area contributed by atoms with Crippen molar-refractivity contribution >= 4 is 6.29 Å². The fraction of sp³-hybridized carbons (Fsp3) is 0.444. The van der Waals surface area contributed by atoms with Crippen LogP contribution in [-0.4, -0.2) is 28.7 Å². The molecule has 0 aromatic heterocycles. The Balaban J connectivity index is 1.96. The molecule has 3 unspecified atom stereocenters. The number of fused-ring (bicyclic) bond motifs is 1. The molecule has 1 heterocycles. The van der Waals surface area contributed by atoms with Crippen LogP contribution in [0.15, 0.2) is 83.6 Å². The molecule has 1 aliphatic heterocycles. The van der Waals surface area contributed by atoms with Crippen LogP contribution in [0.3, 0.4) is 0 Å². The highest BCUT2D eigenvalue weighted by Gasteiger charge is 2.74. The summed E-state index contributed by atoms with van der Waals surface area (Å²) in [5.74, 6) is 0. The molecule has 2 aliphatic rings. The van der Waals surface area contributed by atoms with Gasteiger partial charge in [-0.15, -0.1) is 0 Å². The number of carbonyl (C=O) groups excluding carboxylic acids is 1. The Labute approximate surface area is 181 Å². The zero-order valence-corrected chi connectivity index (χ0v) is 19.2. The molecule has 1 saturated carbocycles. The maximum atomic E-state index is 10.3. The van der Waals surface area contributed by atoms with Crippen LogP contribution in [0.1, 0.15) is 54.4 Å². The minimum atomic E-state index is -0.287. The molecule has 2 fully saturated rings. The summed E-state index contributed by atoms with van der Waals surface area (Å²) >= 11 is 0. The van der Waals surface area contributed by atoms with Gasteiger partial charge in [-0.25, -0.2) is 0 Å². The third kappa shape index (κ3) is 5.68. The van der Waals surface area contributed by atoms with E-state index >= 15 is 0 Å². The van der Waals surface area contributed by atoms with E-state index in [1.165, 1.54) is 6.08 Å². The first-order chi connectivity index (χ1) is 14.1. The van der Waals surface area contributed by atoms with Gasteiger partial charge in [0.15, 0.2) is 0 Å². The highest BCUT2D eigenvalue weighted by Crippen LogP contribution is 2.66. The molecule has 30 heavy (non-hydrogen) atoms. The lowest BCUT2D eigenvalue weighted by molar-refractivity contribution is -0.104. The number of epoxide rings is 1. The van der Waals surface area contributed by atoms with Gasteiger partial charge in [0.2, 0.25) is 0 Å². The summed E-state index contributed by atoms with van der Waals surface area (Å²) in [6.45, 7) is 12.6. The van der Waals surface area contributed by atoms with Crippen LogP contribution in [0.4, 0.5) is 0 Å². The molecule has 3 nitrogen and oxygen atoms in total. The third-order valence-electron chi connectivity index (χ3n) is 6.07. The van der Waals surface area contributed by atoms with Crippen molar-refractivity contribution in [3.63, 3.8) is 0 Å². The fourth-order valence-electron chi connectivity index (χ4n) is 4.45. The Kier molecular flexibility index (Phi) is 7.79. The summed E-state index contributed by atoms with van der Waals surface area (Å²) < 4.78 is 6.19. The van der Waals surface area contributed by atoms with E-state index in [0.29, 0.717) is 6.42 Å². The van der Waals surface area contributed by atoms with Gasteiger partial charge >= 0.3 is 0 Å². The van der Waals surface area contributed by atoms with Crippen molar-refractivity contribution in [1.29, 1.82) is 0 Å². The van der Waals surface area contributed by atoms with Crippen molar-refractivity contribution in [2.75, 3.05) is 0 Å². The van der Waals surface area contributed by atoms with Crippen molar-refractivity contribution in [2.45, 2.75) is 71.7 Å². The average molecular weight is 409 g/mol. The van der Waals surface area contributed by atoms with Gasteiger partial charge < -0.3 is 9.84 Å². The number of aliphatic hydroxyl groups excluding tert-OH is 1. The van der Waals surface area contributed by atoms with E-state index in [0.717, 1.165) is 29.4 Å². The second kappa shape index (κ2) is 9.72. The molecule has 3 atom stereocenters. The zero-order chi connectivity index (χ0) is 22.4. The third-order valence-corrected chi connectivity index (χ3v) is 6.07. The van der Waals surface area contributed by atoms with Gasteiger partial charge in [-0.3, -0.25) is 4.79 Å². The number of ether oxygens (including phenoxy) is 1. The first-order valence-electron chi connectivity index (χ1n) is 10.6. The molecule has 1 N–H and O–H groups in total. The molecule has 0 bridgehead atoms. The Morgan fingerprint density at radius 2 is 1.37 bits per heavy atom. The number of hydrogen-bond donors (Lipinski definition) is 1. The van der Waals surface area contributed by atoms with Crippen molar-refractivity contribution in [3.05, 3.63) is 83.6 Å². The SMILES string of the molecule is CC(=C/C=C/C(C)=C/C=C/C=C(C)/C=C/C=O)/C=C/C12OC1(C)CC(O)CC2(C)C. The molecule has 1 saturated heterocycles. The molecular weight excluding hydrogens is 372 g/mol. The molecule has 1 aliphatic carbocycles. The van der Waals surface area contributed by atoms with Gasteiger partial charge in [-0.05, 0) is 46.3 Å². The molecule has 0 aromatic carbocycles. The quantitative estimate of drug-likeness (QED) is 0.233. The maximum Gasteiger partial charge on any atom is 0.142 e. The van der Waals surface area contributed by atoms with Crippen LogP contribution in [0.25, 0.3) is 0 Å². The molecule has 0 radical (unpaired) electrons. The first-order valence-corrected chi connectivity index (χ1v) is 10.6. The smallest absolute Gasteiger partial charge is 0.142 e. The normalized spacial score (nSPS) is 32.5. The van der Waals surface area contributed by atoms with Gasteiger partial charge in [0.1, 0.15) is 17.5 Å². The minimum Gasteiger partial charge on any atom is -0.393 e. The van der Waals surface area contributed by atoms with E-state index in [1.807, 2.05) is 37.3 Å². The molecular formula is C27H36O3. The topological polar surface area (TPSA) is 49.8 Å². The van der Waals surface area contributed by atoms with Crippen molar-refractivity contribution in [2.24, 2.45) is 5.41 Å².